The van der Waals surface area contributed by atoms with Crippen LogP contribution in [0.1, 0.15) is 19.3 Å². The third kappa shape index (κ3) is 4.22. The van der Waals surface area contributed by atoms with Gasteiger partial charge in [-0.15, -0.1) is 0 Å². The molecule has 7 nitrogen and oxygen atoms in total. The van der Waals surface area contributed by atoms with Gasteiger partial charge < -0.3 is 24.8 Å². The molecule has 7 heteroatoms. The Balaban J connectivity index is 1.52. The van der Waals surface area contributed by atoms with Crippen LogP contribution in [0.3, 0.4) is 0 Å². The van der Waals surface area contributed by atoms with Gasteiger partial charge in [0, 0.05) is 19.2 Å². The zero-order chi connectivity index (χ0) is 17.8. The van der Waals surface area contributed by atoms with E-state index in [4.69, 9.17) is 14.2 Å². The quantitative estimate of drug-likeness (QED) is 0.781. The van der Waals surface area contributed by atoms with Crippen molar-refractivity contribution < 1.29 is 23.8 Å². The predicted octanol–water partition coefficient (Wildman–Crippen LogP) is 1.57. The highest BCUT2D eigenvalue weighted by Gasteiger charge is 2.48. The van der Waals surface area contributed by atoms with Gasteiger partial charge in [-0.2, -0.15) is 0 Å². The molecule has 3 atom stereocenters. The number of carbonyl (C=O) groups excluding carboxylic acids is 2. The summed E-state index contributed by atoms with van der Waals surface area (Å²) in [4.78, 5) is 24.6. The van der Waals surface area contributed by atoms with Crippen LogP contribution in [0, 0.1) is 11.8 Å². The Kier molecular flexibility index (Phi) is 5.43. The fourth-order valence-electron chi connectivity index (χ4n) is 3.06. The van der Waals surface area contributed by atoms with Crippen LogP contribution in [-0.2, 0) is 14.3 Å². The second kappa shape index (κ2) is 7.74. The van der Waals surface area contributed by atoms with E-state index in [-0.39, 0.29) is 29.8 Å². The number of hydrogen-bond acceptors (Lipinski definition) is 5. The number of benzene rings is 1. The minimum atomic E-state index is -0.305. The van der Waals surface area contributed by atoms with E-state index in [1.54, 1.807) is 25.3 Å². The second-order valence-corrected chi connectivity index (χ2v) is 6.38. The highest BCUT2D eigenvalue weighted by molar-refractivity contribution is 6.00. The van der Waals surface area contributed by atoms with Crippen LogP contribution in [0.4, 0.5) is 5.69 Å². The lowest BCUT2D eigenvalue weighted by atomic mass is 10.2. The smallest absolute Gasteiger partial charge is 0.228 e. The van der Waals surface area contributed by atoms with Gasteiger partial charge in [0.25, 0.3) is 0 Å². The summed E-state index contributed by atoms with van der Waals surface area (Å²) < 4.78 is 15.9. The normalized spacial score (nSPS) is 24.5. The topological polar surface area (TPSA) is 85.9 Å². The average Bonchev–Trinajstić information content (AvgIpc) is 3.27. The number of hydrogen-bond donors (Lipinski definition) is 2. The van der Waals surface area contributed by atoms with Gasteiger partial charge in [-0.05, 0) is 31.4 Å². The van der Waals surface area contributed by atoms with Crippen molar-refractivity contribution in [2.75, 3.05) is 32.7 Å². The van der Waals surface area contributed by atoms with Crippen LogP contribution in [-0.4, -0.2) is 45.3 Å². The first kappa shape index (κ1) is 17.5. The molecule has 3 rings (SSSR count). The van der Waals surface area contributed by atoms with Crippen molar-refractivity contribution in [2.24, 2.45) is 11.8 Å². The lowest BCUT2D eigenvalue weighted by Crippen LogP contribution is -2.33. The van der Waals surface area contributed by atoms with Gasteiger partial charge >= 0.3 is 0 Å². The SMILES string of the molecule is COc1ccc(OC)c(NC(=O)C2CC2C(=O)NCC2CCCO2)c1. The number of anilines is 1. The van der Waals surface area contributed by atoms with Crippen molar-refractivity contribution in [2.45, 2.75) is 25.4 Å². The Hall–Kier alpha value is -2.28. The molecular weight excluding hydrogens is 324 g/mol. The molecule has 1 aliphatic heterocycles. The Morgan fingerprint density at radius 2 is 2.00 bits per heavy atom. The molecular formula is C18H24N2O5. The maximum Gasteiger partial charge on any atom is 0.228 e. The van der Waals surface area contributed by atoms with Crippen LogP contribution in [0.15, 0.2) is 18.2 Å². The van der Waals surface area contributed by atoms with Crippen molar-refractivity contribution in [1.29, 1.82) is 0 Å². The Labute approximate surface area is 147 Å². The van der Waals surface area contributed by atoms with Crippen molar-refractivity contribution in [3.05, 3.63) is 18.2 Å². The maximum atomic E-state index is 12.4. The third-order valence-electron chi connectivity index (χ3n) is 4.66. The molecule has 1 aromatic carbocycles. The second-order valence-electron chi connectivity index (χ2n) is 6.38. The fraction of sp³-hybridized carbons (Fsp3) is 0.556. The molecule has 0 bridgehead atoms. The first-order valence-electron chi connectivity index (χ1n) is 8.54. The van der Waals surface area contributed by atoms with Crippen molar-refractivity contribution >= 4 is 17.5 Å². The summed E-state index contributed by atoms with van der Waals surface area (Å²) in [7, 11) is 3.10. The summed E-state index contributed by atoms with van der Waals surface area (Å²) in [6, 6.07) is 5.19. The number of methoxy groups -OCH3 is 2. The van der Waals surface area contributed by atoms with E-state index in [9.17, 15) is 9.59 Å². The Morgan fingerprint density at radius 1 is 1.20 bits per heavy atom. The summed E-state index contributed by atoms with van der Waals surface area (Å²) in [6.07, 6.45) is 2.69. The Bertz CT molecular complexity index is 642. The molecule has 1 saturated heterocycles. The molecule has 1 aliphatic carbocycles. The van der Waals surface area contributed by atoms with Gasteiger partial charge in [0.15, 0.2) is 0 Å². The van der Waals surface area contributed by atoms with Crippen molar-refractivity contribution in [3.63, 3.8) is 0 Å². The summed E-state index contributed by atoms with van der Waals surface area (Å²) in [5.74, 6) is 0.349. The van der Waals surface area contributed by atoms with Crippen LogP contribution in [0.5, 0.6) is 11.5 Å². The highest BCUT2D eigenvalue weighted by atomic mass is 16.5. The van der Waals surface area contributed by atoms with Gasteiger partial charge in [0.1, 0.15) is 11.5 Å². The molecule has 3 unspecified atom stereocenters. The van der Waals surface area contributed by atoms with Gasteiger partial charge in [0.05, 0.1) is 37.8 Å². The molecule has 2 fully saturated rings. The summed E-state index contributed by atoms with van der Waals surface area (Å²) >= 11 is 0. The first-order valence-corrected chi connectivity index (χ1v) is 8.54. The third-order valence-corrected chi connectivity index (χ3v) is 4.66. The predicted molar refractivity (Wildman–Crippen MR) is 91.8 cm³/mol. The summed E-state index contributed by atoms with van der Waals surface area (Å²) in [6.45, 7) is 1.28. The summed E-state index contributed by atoms with van der Waals surface area (Å²) in [5, 5.41) is 5.72. The van der Waals surface area contributed by atoms with Gasteiger partial charge in [-0.1, -0.05) is 0 Å². The molecule has 0 aromatic heterocycles. The largest absolute Gasteiger partial charge is 0.497 e. The molecule has 2 aliphatic rings. The van der Waals surface area contributed by atoms with E-state index in [1.165, 1.54) is 7.11 Å². The number of rotatable bonds is 7. The van der Waals surface area contributed by atoms with Crippen LogP contribution >= 0.6 is 0 Å². The molecule has 136 valence electrons. The van der Waals surface area contributed by atoms with Crippen LogP contribution < -0.4 is 20.1 Å². The van der Waals surface area contributed by atoms with E-state index in [0.717, 1.165) is 19.4 Å². The average molecular weight is 348 g/mol. The van der Waals surface area contributed by atoms with Gasteiger partial charge in [0.2, 0.25) is 11.8 Å². The number of amides is 2. The number of carbonyl (C=O) groups is 2. The monoisotopic (exact) mass is 348 g/mol. The maximum absolute atomic E-state index is 12.4. The van der Waals surface area contributed by atoms with E-state index in [2.05, 4.69) is 10.6 Å². The van der Waals surface area contributed by atoms with E-state index < -0.39 is 0 Å². The van der Waals surface area contributed by atoms with Gasteiger partial charge in [-0.25, -0.2) is 0 Å². The molecule has 0 radical (unpaired) electrons. The first-order chi connectivity index (χ1) is 12.1. The molecule has 1 saturated carbocycles. The zero-order valence-electron chi connectivity index (χ0n) is 14.5. The van der Waals surface area contributed by atoms with Crippen molar-refractivity contribution in [1.82, 2.24) is 5.32 Å². The lowest BCUT2D eigenvalue weighted by Gasteiger charge is -2.12. The molecule has 0 spiro atoms. The zero-order valence-corrected chi connectivity index (χ0v) is 14.5. The molecule has 25 heavy (non-hydrogen) atoms. The van der Waals surface area contributed by atoms with Crippen molar-refractivity contribution in [3.8, 4) is 11.5 Å². The number of ether oxygens (including phenoxy) is 3. The van der Waals surface area contributed by atoms with E-state index in [1.807, 2.05) is 0 Å². The highest BCUT2D eigenvalue weighted by Crippen LogP contribution is 2.40. The van der Waals surface area contributed by atoms with Crippen LogP contribution in [0.2, 0.25) is 0 Å². The molecule has 1 heterocycles. The van der Waals surface area contributed by atoms with E-state index in [0.29, 0.717) is 30.2 Å². The standard InChI is InChI=1S/C18H24N2O5/c1-23-11-5-6-16(24-2)15(8-11)20-18(22)14-9-13(14)17(21)19-10-12-4-3-7-25-12/h5-6,8,12-14H,3-4,7,9-10H2,1-2H3,(H,19,21)(H,20,22). The van der Waals surface area contributed by atoms with Crippen LogP contribution in [0.25, 0.3) is 0 Å². The minimum Gasteiger partial charge on any atom is -0.497 e. The molecule has 2 N–H and O–H groups in total. The molecule has 2 amide bonds. The fourth-order valence-corrected chi connectivity index (χ4v) is 3.06. The number of nitrogens with one attached hydrogen (secondary N) is 2. The lowest BCUT2D eigenvalue weighted by molar-refractivity contribution is -0.125. The Morgan fingerprint density at radius 3 is 2.68 bits per heavy atom. The van der Waals surface area contributed by atoms with E-state index >= 15 is 0 Å². The minimum absolute atomic E-state index is 0.0757. The van der Waals surface area contributed by atoms with Gasteiger partial charge in [-0.3, -0.25) is 9.59 Å². The molecule has 1 aromatic rings. The summed E-state index contributed by atoms with van der Waals surface area (Å²) in [5.41, 5.74) is 0.539.